The van der Waals surface area contributed by atoms with Crippen molar-refractivity contribution in [2.24, 2.45) is 0 Å². The fourth-order valence-electron chi connectivity index (χ4n) is 4.13. The Hall–Kier alpha value is -2.57. The Morgan fingerprint density at radius 2 is 1.87 bits per heavy atom. The second-order valence-corrected chi connectivity index (χ2v) is 8.76. The Morgan fingerprint density at radius 3 is 2.45 bits per heavy atom. The van der Waals surface area contributed by atoms with Gasteiger partial charge in [0.15, 0.2) is 11.6 Å². The topological polar surface area (TPSA) is 65.1 Å². The number of ether oxygens (including phenoxy) is 3. The van der Waals surface area contributed by atoms with Crippen LogP contribution >= 0.6 is 0 Å². The lowest BCUT2D eigenvalue weighted by atomic mass is 10.00. The third-order valence-electron chi connectivity index (χ3n) is 6.06. The summed E-state index contributed by atoms with van der Waals surface area (Å²) in [6.07, 6.45) is 6.23. The largest absolute Gasteiger partial charge is 0.487 e. The summed E-state index contributed by atoms with van der Waals surface area (Å²) in [4.78, 5) is 26.0. The SMILES string of the molecule is CCOC(=O)/C=C/c1ccc(OC2C[C@H]3CC[C@@H](C2)N3C(=O)OC(C)(C)CC)c(F)c1. The number of carbonyl (C=O) groups is 2. The predicted molar refractivity (Wildman–Crippen MR) is 115 cm³/mol. The van der Waals surface area contributed by atoms with Crippen LogP contribution in [0.2, 0.25) is 0 Å². The van der Waals surface area contributed by atoms with Gasteiger partial charge in [-0.25, -0.2) is 14.0 Å². The van der Waals surface area contributed by atoms with Gasteiger partial charge in [-0.2, -0.15) is 0 Å². The van der Waals surface area contributed by atoms with E-state index in [1.807, 2.05) is 25.7 Å². The van der Waals surface area contributed by atoms with E-state index in [0.717, 1.165) is 19.3 Å². The minimum atomic E-state index is -0.490. The van der Waals surface area contributed by atoms with Crippen molar-refractivity contribution in [3.63, 3.8) is 0 Å². The normalized spacial score (nSPS) is 23.1. The van der Waals surface area contributed by atoms with Crippen molar-refractivity contribution in [3.05, 3.63) is 35.7 Å². The van der Waals surface area contributed by atoms with E-state index in [2.05, 4.69) is 0 Å². The van der Waals surface area contributed by atoms with Crippen LogP contribution in [0.3, 0.4) is 0 Å². The molecule has 2 heterocycles. The van der Waals surface area contributed by atoms with E-state index >= 15 is 0 Å². The molecule has 1 aromatic carbocycles. The fraction of sp³-hybridized carbons (Fsp3) is 0.583. The van der Waals surface area contributed by atoms with Crippen LogP contribution in [-0.2, 0) is 14.3 Å². The zero-order valence-corrected chi connectivity index (χ0v) is 18.7. The highest BCUT2D eigenvalue weighted by Crippen LogP contribution is 2.38. The van der Waals surface area contributed by atoms with Gasteiger partial charge >= 0.3 is 12.1 Å². The summed E-state index contributed by atoms with van der Waals surface area (Å²) in [5.74, 6) is -0.767. The Balaban J connectivity index is 1.60. The van der Waals surface area contributed by atoms with Crippen LogP contribution in [0, 0.1) is 5.82 Å². The van der Waals surface area contributed by atoms with Crippen molar-refractivity contribution in [3.8, 4) is 5.75 Å². The van der Waals surface area contributed by atoms with Gasteiger partial charge in [-0.05, 0) is 63.8 Å². The summed E-state index contributed by atoms with van der Waals surface area (Å²) in [5.41, 5.74) is 0.0605. The summed E-state index contributed by atoms with van der Waals surface area (Å²) in [6.45, 7) is 7.84. The number of benzene rings is 1. The maximum Gasteiger partial charge on any atom is 0.410 e. The highest BCUT2D eigenvalue weighted by Gasteiger charge is 2.45. The van der Waals surface area contributed by atoms with Gasteiger partial charge in [-0.3, -0.25) is 0 Å². The van der Waals surface area contributed by atoms with Crippen LogP contribution in [0.1, 0.15) is 65.4 Å². The molecular weight excluding hydrogens is 401 g/mol. The average molecular weight is 434 g/mol. The van der Waals surface area contributed by atoms with Crippen LogP contribution in [0.25, 0.3) is 6.08 Å². The van der Waals surface area contributed by atoms with E-state index in [1.165, 1.54) is 18.2 Å². The lowest BCUT2D eigenvalue weighted by Crippen LogP contribution is -2.51. The van der Waals surface area contributed by atoms with Crippen LogP contribution in [0.5, 0.6) is 5.75 Å². The molecule has 2 fully saturated rings. The van der Waals surface area contributed by atoms with Crippen LogP contribution in [0.15, 0.2) is 24.3 Å². The number of amides is 1. The minimum absolute atomic E-state index is 0.0544. The van der Waals surface area contributed by atoms with Crippen LogP contribution in [-0.4, -0.2) is 47.4 Å². The first kappa shape index (κ1) is 23.1. The maximum absolute atomic E-state index is 14.6. The van der Waals surface area contributed by atoms with Gasteiger partial charge in [0.25, 0.3) is 0 Å². The smallest absolute Gasteiger partial charge is 0.410 e. The number of fused-ring (bicyclic) bond motifs is 2. The summed E-state index contributed by atoms with van der Waals surface area (Å²) in [6, 6.07) is 4.71. The Labute approximate surface area is 183 Å². The Bertz CT molecular complexity index is 823. The number of nitrogens with zero attached hydrogens (tertiary/aromatic N) is 1. The van der Waals surface area contributed by atoms with E-state index in [-0.39, 0.29) is 30.0 Å². The van der Waals surface area contributed by atoms with Gasteiger partial charge < -0.3 is 19.1 Å². The second-order valence-electron chi connectivity index (χ2n) is 8.76. The molecule has 2 saturated heterocycles. The maximum atomic E-state index is 14.6. The van der Waals surface area contributed by atoms with Crippen molar-refractivity contribution in [2.75, 3.05) is 6.61 Å². The van der Waals surface area contributed by atoms with E-state index < -0.39 is 17.4 Å². The zero-order valence-electron chi connectivity index (χ0n) is 18.7. The van der Waals surface area contributed by atoms with Crippen molar-refractivity contribution in [2.45, 2.75) is 83.6 Å². The molecular formula is C24H32FNO5. The number of esters is 1. The molecule has 0 saturated carbocycles. The van der Waals surface area contributed by atoms with E-state index in [0.29, 0.717) is 25.0 Å². The van der Waals surface area contributed by atoms with Crippen molar-refractivity contribution in [1.29, 1.82) is 0 Å². The first-order valence-electron chi connectivity index (χ1n) is 11.0. The van der Waals surface area contributed by atoms with Gasteiger partial charge in [-0.1, -0.05) is 13.0 Å². The number of hydrogen-bond donors (Lipinski definition) is 0. The highest BCUT2D eigenvalue weighted by molar-refractivity contribution is 5.87. The molecule has 2 aliphatic heterocycles. The molecule has 2 aliphatic rings. The molecule has 1 unspecified atom stereocenters. The fourth-order valence-corrected chi connectivity index (χ4v) is 4.13. The minimum Gasteiger partial charge on any atom is -0.487 e. The molecule has 3 atom stereocenters. The molecule has 2 bridgehead atoms. The second kappa shape index (κ2) is 9.71. The number of halogens is 1. The van der Waals surface area contributed by atoms with Gasteiger partial charge in [0.1, 0.15) is 11.7 Å². The predicted octanol–water partition coefficient (Wildman–Crippen LogP) is 5.10. The van der Waals surface area contributed by atoms with Crippen LogP contribution < -0.4 is 4.74 Å². The van der Waals surface area contributed by atoms with Gasteiger partial charge in [-0.15, -0.1) is 0 Å². The average Bonchev–Trinajstić information content (AvgIpc) is 2.99. The molecule has 0 spiro atoms. The molecule has 31 heavy (non-hydrogen) atoms. The van der Waals surface area contributed by atoms with Gasteiger partial charge in [0.2, 0.25) is 0 Å². The Morgan fingerprint density at radius 1 is 1.19 bits per heavy atom. The summed E-state index contributed by atoms with van der Waals surface area (Å²) in [7, 11) is 0. The van der Waals surface area contributed by atoms with Gasteiger partial charge in [0, 0.05) is 31.0 Å². The summed E-state index contributed by atoms with van der Waals surface area (Å²) >= 11 is 0. The van der Waals surface area contributed by atoms with E-state index in [9.17, 15) is 14.0 Å². The molecule has 1 aromatic rings. The zero-order chi connectivity index (χ0) is 22.6. The Kier molecular flexibility index (Phi) is 7.23. The number of rotatable bonds is 7. The number of carbonyl (C=O) groups excluding carboxylic acids is 2. The summed E-state index contributed by atoms with van der Waals surface area (Å²) < 4.78 is 31.0. The van der Waals surface area contributed by atoms with E-state index in [4.69, 9.17) is 14.2 Å². The van der Waals surface area contributed by atoms with Crippen molar-refractivity contribution < 1.29 is 28.2 Å². The molecule has 0 aliphatic carbocycles. The monoisotopic (exact) mass is 433 g/mol. The van der Waals surface area contributed by atoms with Crippen molar-refractivity contribution in [1.82, 2.24) is 4.90 Å². The molecule has 3 rings (SSSR count). The summed E-state index contributed by atoms with van der Waals surface area (Å²) in [5, 5.41) is 0. The molecule has 6 nitrogen and oxygen atoms in total. The van der Waals surface area contributed by atoms with E-state index in [1.54, 1.807) is 19.1 Å². The molecule has 0 N–H and O–H groups in total. The van der Waals surface area contributed by atoms with Crippen LogP contribution in [0.4, 0.5) is 9.18 Å². The standard InChI is InChI=1S/C24H32FNO5/c1-5-24(3,4)31-23(28)26-17-9-10-18(26)15-19(14-17)30-21-11-7-16(13-20(21)25)8-12-22(27)29-6-2/h7-8,11-13,17-19H,5-6,9-10,14-15H2,1-4H3/b12-8+/t17-,18+,19?. The molecule has 7 heteroatoms. The third-order valence-corrected chi connectivity index (χ3v) is 6.06. The van der Waals surface area contributed by atoms with Crippen molar-refractivity contribution >= 4 is 18.1 Å². The number of piperidine rings is 1. The lowest BCUT2D eigenvalue weighted by molar-refractivity contribution is -0.137. The first-order chi connectivity index (χ1) is 14.7. The molecule has 0 radical (unpaired) electrons. The number of hydrogen-bond acceptors (Lipinski definition) is 5. The molecule has 0 aromatic heterocycles. The lowest BCUT2D eigenvalue weighted by Gasteiger charge is -2.39. The van der Waals surface area contributed by atoms with Gasteiger partial charge in [0.05, 0.1) is 6.61 Å². The third kappa shape index (κ3) is 5.77. The first-order valence-corrected chi connectivity index (χ1v) is 11.0. The molecule has 1 amide bonds. The highest BCUT2D eigenvalue weighted by atomic mass is 19.1. The quantitative estimate of drug-likeness (QED) is 0.442. The molecule has 170 valence electrons.